The van der Waals surface area contributed by atoms with Gasteiger partial charge in [0.2, 0.25) is 0 Å². The zero-order valence-corrected chi connectivity index (χ0v) is 18.7. The summed E-state index contributed by atoms with van der Waals surface area (Å²) in [4.78, 5) is 12.7. The summed E-state index contributed by atoms with van der Waals surface area (Å²) in [7, 11) is 3.86. The Morgan fingerprint density at radius 1 is 0.968 bits per heavy atom. The van der Waals surface area contributed by atoms with Gasteiger partial charge in [0.05, 0.1) is 24.7 Å². The van der Waals surface area contributed by atoms with Crippen LogP contribution in [0.15, 0.2) is 48.5 Å². The van der Waals surface area contributed by atoms with Crippen LogP contribution in [0.4, 0.5) is 5.69 Å². The van der Waals surface area contributed by atoms with Crippen molar-refractivity contribution in [2.24, 2.45) is 7.05 Å². The first-order valence-corrected chi connectivity index (χ1v) is 11.5. The lowest BCUT2D eigenvalue weighted by Gasteiger charge is -2.44. The van der Waals surface area contributed by atoms with Gasteiger partial charge in [-0.3, -0.25) is 9.80 Å². The molecule has 0 saturated carbocycles. The summed E-state index contributed by atoms with van der Waals surface area (Å²) in [6.45, 7) is 7.71. The van der Waals surface area contributed by atoms with Crippen molar-refractivity contribution < 1.29 is 4.74 Å². The molecule has 31 heavy (non-hydrogen) atoms. The minimum absolute atomic E-state index is 0.654. The lowest BCUT2D eigenvalue weighted by molar-refractivity contribution is 0.0870. The molecule has 0 unspecified atom stereocenters. The van der Waals surface area contributed by atoms with E-state index in [9.17, 15) is 0 Å². The number of hydrogen-bond donors (Lipinski definition) is 0. The molecule has 164 valence electrons. The summed E-state index contributed by atoms with van der Waals surface area (Å²) in [5.41, 5.74) is 3.62. The highest BCUT2D eigenvalue weighted by atomic mass is 16.5. The lowest BCUT2D eigenvalue weighted by atomic mass is 10.0. The lowest BCUT2D eigenvalue weighted by Crippen LogP contribution is -2.55. The summed E-state index contributed by atoms with van der Waals surface area (Å²) >= 11 is 0. The summed E-state index contributed by atoms with van der Waals surface area (Å²) < 4.78 is 7.55. The SMILES string of the molecule is COc1ccc(N2CCN([C@@H]3CCCN(Cc4nc5ccccc5n4C)C3)CC2)cc1. The van der Waals surface area contributed by atoms with E-state index in [1.807, 2.05) is 0 Å². The van der Waals surface area contributed by atoms with E-state index >= 15 is 0 Å². The highest BCUT2D eigenvalue weighted by molar-refractivity contribution is 5.75. The standard InChI is InChI=1S/C25H33N5O/c1-27-24-8-4-3-7-23(24)26-25(27)19-28-13-5-6-21(18-28)30-16-14-29(15-17-30)20-9-11-22(31-2)12-10-20/h3-4,7-12,21H,5-6,13-19H2,1-2H3/t21-/m1/s1. The molecule has 2 aromatic carbocycles. The Balaban J connectivity index is 1.18. The molecular weight excluding hydrogens is 386 g/mol. The van der Waals surface area contributed by atoms with Gasteiger partial charge in [-0.25, -0.2) is 4.98 Å². The van der Waals surface area contributed by atoms with Crippen molar-refractivity contribution >= 4 is 16.7 Å². The van der Waals surface area contributed by atoms with Crippen LogP contribution in [0.2, 0.25) is 0 Å². The number of aryl methyl sites for hydroxylation is 1. The second-order valence-corrected chi connectivity index (χ2v) is 8.83. The molecule has 1 atom stereocenters. The molecule has 6 heteroatoms. The van der Waals surface area contributed by atoms with Gasteiger partial charge < -0.3 is 14.2 Å². The Labute approximate surface area is 185 Å². The second-order valence-electron chi connectivity index (χ2n) is 8.83. The third kappa shape index (κ3) is 4.27. The number of para-hydroxylation sites is 2. The first-order chi connectivity index (χ1) is 15.2. The summed E-state index contributed by atoms with van der Waals surface area (Å²) in [6, 6.07) is 17.6. The zero-order valence-electron chi connectivity index (χ0n) is 18.7. The summed E-state index contributed by atoms with van der Waals surface area (Å²) in [5.74, 6) is 2.09. The van der Waals surface area contributed by atoms with Crippen LogP contribution in [-0.2, 0) is 13.6 Å². The van der Waals surface area contributed by atoms with Gasteiger partial charge >= 0.3 is 0 Å². The Bertz CT molecular complexity index is 1010. The molecular formula is C25H33N5O. The third-order valence-corrected chi connectivity index (χ3v) is 6.99. The fourth-order valence-corrected chi connectivity index (χ4v) is 5.15. The minimum Gasteiger partial charge on any atom is -0.497 e. The monoisotopic (exact) mass is 419 g/mol. The Hall–Kier alpha value is -2.57. The van der Waals surface area contributed by atoms with E-state index in [-0.39, 0.29) is 0 Å². The fourth-order valence-electron chi connectivity index (χ4n) is 5.15. The molecule has 3 heterocycles. The topological polar surface area (TPSA) is 36.8 Å². The van der Waals surface area contributed by atoms with Crippen LogP contribution in [0.3, 0.4) is 0 Å². The molecule has 0 N–H and O–H groups in total. The van der Waals surface area contributed by atoms with Crippen molar-refractivity contribution in [3.63, 3.8) is 0 Å². The van der Waals surface area contributed by atoms with Gasteiger partial charge in [-0.2, -0.15) is 0 Å². The van der Waals surface area contributed by atoms with Gasteiger partial charge in [0, 0.05) is 51.5 Å². The Kier molecular flexibility index (Phi) is 5.83. The van der Waals surface area contributed by atoms with E-state index in [1.165, 1.54) is 36.4 Å². The average molecular weight is 420 g/mol. The van der Waals surface area contributed by atoms with Crippen LogP contribution >= 0.6 is 0 Å². The zero-order chi connectivity index (χ0) is 21.2. The molecule has 5 rings (SSSR count). The van der Waals surface area contributed by atoms with E-state index in [4.69, 9.17) is 9.72 Å². The fraction of sp³-hybridized carbons (Fsp3) is 0.480. The maximum Gasteiger partial charge on any atom is 0.123 e. The van der Waals surface area contributed by atoms with Crippen molar-refractivity contribution in [1.82, 2.24) is 19.4 Å². The number of piperidine rings is 1. The summed E-state index contributed by atoms with van der Waals surface area (Å²) in [6.07, 6.45) is 2.58. The van der Waals surface area contributed by atoms with Crippen LogP contribution in [0.25, 0.3) is 11.0 Å². The van der Waals surface area contributed by atoms with Gasteiger partial charge in [-0.1, -0.05) is 12.1 Å². The average Bonchev–Trinajstić information content (AvgIpc) is 3.15. The van der Waals surface area contributed by atoms with Gasteiger partial charge in [0.1, 0.15) is 11.6 Å². The molecule has 2 aliphatic heterocycles. The first kappa shape index (κ1) is 20.3. The Morgan fingerprint density at radius 3 is 2.48 bits per heavy atom. The van der Waals surface area contributed by atoms with Crippen LogP contribution in [-0.4, -0.2) is 71.8 Å². The number of methoxy groups -OCH3 is 1. The van der Waals surface area contributed by atoms with Crippen molar-refractivity contribution in [3.8, 4) is 5.75 Å². The summed E-state index contributed by atoms with van der Waals surface area (Å²) in [5, 5.41) is 0. The number of ether oxygens (including phenoxy) is 1. The first-order valence-electron chi connectivity index (χ1n) is 11.5. The number of imidazole rings is 1. The smallest absolute Gasteiger partial charge is 0.123 e. The highest BCUT2D eigenvalue weighted by Crippen LogP contribution is 2.24. The largest absolute Gasteiger partial charge is 0.497 e. The normalized spacial score (nSPS) is 21.0. The predicted molar refractivity (Wildman–Crippen MR) is 126 cm³/mol. The van der Waals surface area contributed by atoms with Crippen molar-refractivity contribution in [2.45, 2.75) is 25.4 Å². The molecule has 1 aromatic heterocycles. The number of anilines is 1. The number of piperazine rings is 1. The molecule has 2 aliphatic rings. The number of fused-ring (bicyclic) bond motifs is 1. The van der Waals surface area contributed by atoms with Crippen LogP contribution < -0.4 is 9.64 Å². The number of hydrogen-bond acceptors (Lipinski definition) is 5. The van der Waals surface area contributed by atoms with E-state index in [0.29, 0.717) is 6.04 Å². The number of aromatic nitrogens is 2. The van der Waals surface area contributed by atoms with E-state index in [1.54, 1.807) is 7.11 Å². The molecule has 0 spiro atoms. The predicted octanol–water partition coefficient (Wildman–Crippen LogP) is 3.37. The maximum atomic E-state index is 5.29. The van der Waals surface area contributed by atoms with Crippen LogP contribution in [0, 0.1) is 0 Å². The third-order valence-electron chi connectivity index (χ3n) is 6.99. The number of nitrogens with zero attached hydrogens (tertiary/aromatic N) is 5. The molecule has 0 bridgehead atoms. The van der Waals surface area contributed by atoms with Gasteiger partial charge in [-0.15, -0.1) is 0 Å². The van der Waals surface area contributed by atoms with Crippen molar-refractivity contribution in [3.05, 3.63) is 54.4 Å². The quantitative estimate of drug-likeness (QED) is 0.634. The molecule has 0 amide bonds. The van der Waals surface area contributed by atoms with Crippen molar-refractivity contribution in [2.75, 3.05) is 51.3 Å². The van der Waals surface area contributed by atoms with Crippen molar-refractivity contribution in [1.29, 1.82) is 0 Å². The van der Waals surface area contributed by atoms with E-state index in [2.05, 4.69) is 74.8 Å². The van der Waals surface area contributed by atoms with Crippen LogP contribution in [0.5, 0.6) is 5.75 Å². The molecule has 0 radical (unpaired) electrons. The number of rotatable bonds is 5. The van der Waals surface area contributed by atoms with Gasteiger partial charge in [0.25, 0.3) is 0 Å². The second kappa shape index (κ2) is 8.89. The molecule has 0 aliphatic carbocycles. The molecule has 3 aromatic rings. The molecule has 6 nitrogen and oxygen atoms in total. The van der Waals surface area contributed by atoms with E-state index < -0.39 is 0 Å². The maximum absolute atomic E-state index is 5.29. The molecule has 2 fully saturated rings. The number of benzene rings is 2. The highest BCUT2D eigenvalue weighted by Gasteiger charge is 2.28. The minimum atomic E-state index is 0.654. The molecule has 2 saturated heterocycles. The van der Waals surface area contributed by atoms with Gasteiger partial charge in [0.15, 0.2) is 0 Å². The van der Waals surface area contributed by atoms with Crippen LogP contribution in [0.1, 0.15) is 18.7 Å². The Morgan fingerprint density at radius 2 is 1.74 bits per heavy atom. The van der Waals surface area contributed by atoms with E-state index in [0.717, 1.165) is 50.5 Å². The van der Waals surface area contributed by atoms with Gasteiger partial charge in [-0.05, 0) is 55.8 Å². The number of likely N-dealkylation sites (tertiary alicyclic amines) is 1.